The fraction of sp³-hybridized carbons (Fsp3) is 0.571. The van der Waals surface area contributed by atoms with E-state index in [1.54, 1.807) is 0 Å². The van der Waals surface area contributed by atoms with Gasteiger partial charge in [0.05, 0.1) is 0 Å². The van der Waals surface area contributed by atoms with Crippen molar-refractivity contribution in [1.29, 1.82) is 0 Å². The summed E-state index contributed by atoms with van der Waals surface area (Å²) in [7, 11) is 0. The zero-order valence-electron chi connectivity index (χ0n) is 10.1. The molecule has 0 aromatic heterocycles. The van der Waals surface area contributed by atoms with Crippen LogP contribution < -0.4 is 5.73 Å². The van der Waals surface area contributed by atoms with Crippen molar-refractivity contribution >= 4 is 0 Å². The molecule has 0 spiro atoms. The van der Waals surface area contributed by atoms with Crippen molar-refractivity contribution in [1.82, 2.24) is 4.90 Å². The third kappa shape index (κ3) is 3.06. The van der Waals surface area contributed by atoms with E-state index >= 15 is 0 Å². The highest BCUT2D eigenvalue weighted by atomic mass is 15.1. The molecule has 88 valence electrons. The van der Waals surface area contributed by atoms with Crippen LogP contribution >= 0.6 is 0 Å². The quantitative estimate of drug-likeness (QED) is 0.843. The number of nitrogens with zero attached hydrogens (tertiary/aromatic N) is 1. The molecule has 1 aliphatic rings. The Kier molecular flexibility index (Phi) is 3.97. The van der Waals surface area contributed by atoms with Gasteiger partial charge in [-0.3, -0.25) is 4.90 Å². The van der Waals surface area contributed by atoms with Gasteiger partial charge < -0.3 is 5.73 Å². The molecule has 2 atom stereocenters. The van der Waals surface area contributed by atoms with Crippen LogP contribution in [0.1, 0.15) is 25.3 Å². The monoisotopic (exact) mass is 218 g/mol. The van der Waals surface area contributed by atoms with Crippen LogP contribution in [0.15, 0.2) is 30.3 Å². The molecule has 1 aliphatic heterocycles. The summed E-state index contributed by atoms with van der Waals surface area (Å²) >= 11 is 0. The van der Waals surface area contributed by atoms with Crippen LogP contribution in [0, 0.1) is 5.92 Å². The molecule has 16 heavy (non-hydrogen) atoms. The van der Waals surface area contributed by atoms with Crippen molar-refractivity contribution in [2.75, 3.05) is 13.1 Å². The Morgan fingerprint density at radius 2 is 2.12 bits per heavy atom. The van der Waals surface area contributed by atoms with E-state index < -0.39 is 0 Å². The Labute approximate surface area is 98.4 Å². The summed E-state index contributed by atoms with van der Waals surface area (Å²) in [6, 6.07) is 11.0. The van der Waals surface area contributed by atoms with Crippen LogP contribution in [0.25, 0.3) is 0 Å². The predicted octanol–water partition coefficient (Wildman–Crippen LogP) is 2.25. The first-order valence-electron chi connectivity index (χ1n) is 6.27. The maximum Gasteiger partial charge on any atom is 0.0233 e. The fourth-order valence-electron chi connectivity index (χ4n) is 2.51. The van der Waals surface area contributed by atoms with Crippen LogP contribution in [-0.4, -0.2) is 24.0 Å². The zero-order valence-corrected chi connectivity index (χ0v) is 10.1. The van der Waals surface area contributed by atoms with Gasteiger partial charge in [-0.2, -0.15) is 0 Å². The second-order valence-electron chi connectivity index (χ2n) is 4.98. The number of likely N-dealkylation sites (tertiary alicyclic amines) is 1. The number of hydrogen-bond acceptors (Lipinski definition) is 2. The molecule has 1 aromatic carbocycles. The largest absolute Gasteiger partial charge is 0.328 e. The lowest BCUT2D eigenvalue weighted by molar-refractivity contribution is 0.154. The number of benzene rings is 1. The number of hydrogen-bond donors (Lipinski definition) is 1. The molecular formula is C14H22N2. The van der Waals surface area contributed by atoms with Gasteiger partial charge in [-0.25, -0.2) is 0 Å². The number of rotatable bonds is 3. The molecule has 1 saturated heterocycles. The van der Waals surface area contributed by atoms with Gasteiger partial charge in [-0.15, -0.1) is 0 Å². The smallest absolute Gasteiger partial charge is 0.0233 e. The van der Waals surface area contributed by atoms with E-state index in [2.05, 4.69) is 42.2 Å². The lowest BCUT2D eigenvalue weighted by Gasteiger charge is -2.34. The predicted molar refractivity (Wildman–Crippen MR) is 68.1 cm³/mol. The summed E-state index contributed by atoms with van der Waals surface area (Å²) in [5, 5.41) is 0. The lowest BCUT2D eigenvalue weighted by Crippen LogP contribution is -2.41. The first kappa shape index (κ1) is 11.6. The van der Waals surface area contributed by atoms with E-state index in [9.17, 15) is 0 Å². The first-order chi connectivity index (χ1) is 7.75. The Morgan fingerprint density at radius 1 is 1.38 bits per heavy atom. The highest BCUT2D eigenvalue weighted by Crippen LogP contribution is 2.20. The lowest BCUT2D eigenvalue weighted by atomic mass is 9.92. The summed E-state index contributed by atoms with van der Waals surface area (Å²) in [5.74, 6) is 0.678. The van der Waals surface area contributed by atoms with Crippen LogP contribution in [0.3, 0.4) is 0 Å². The molecule has 0 aliphatic carbocycles. The summed E-state index contributed by atoms with van der Waals surface area (Å²) in [5.41, 5.74) is 7.41. The average Bonchev–Trinajstić information content (AvgIpc) is 2.30. The Morgan fingerprint density at radius 3 is 2.81 bits per heavy atom. The molecule has 0 bridgehead atoms. The van der Waals surface area contributed by atoms with Crippen molar-refractivity contribution < 1.29 is 0 Å². The molecule has 2 N–H and O–H groups in total. The van der Waals surface area contributed by atoms with E-state index in [4.69, 9.17) is 5.73 Å². The molecule has 1 unspecified atom stereocenters. The molecule has 0 saturated carbocycles. The van der Waals surface area contributed by atoms with E-state index in [1.807, 2.05) is 0 Å². The van der Waals surface area contributed by atoms with Gasteiger partial charge in [0.1, 0.15) is 0 Å². The molecule has 2 nitrogen and oxygen atoms in total. The van der Waals surface area contributed by atoms with E-state index in [-0.39, 0.29) is 0 Å². The summed E-state index contributed by atoms with van der Waals surface area (Å²) in [6.07, 6.45) is 2.59. The minimum absolute atomic E-state index is 0.332. The second kappa shape index (κ2) is 5.46. The van der Waals surface area contributed by atoms with E-state index in [1.165, 1.54) is 24.9 Å². The Balaban J connectivity index is 1.90. The maximum absolute atomic E-state index is 6.00. The van der Waals surface area contributed by atoms with Crippen LogP contribution in [0.2, 0.25) is 0 Å². The molecule has 1 fully saturated rings. The number of nitrogens with two attached hydrogens (primary N) is 1. The van der Waals surface area contributed by atoms with Gasteiger partial charge in [0, 0.05) is 19.1 Å². The van der Waals surface area contributed by atoms with Crippen molar-refractivity contribution in [2.45, 2.75) is 32.4 Å². The summed E-state index contributed by atoms with van der Waals surface area (Å²) in [4.78, 5) is 2.53. The van der Waals surface area contributed by atoms with Crippen molar-refractivity contribution in [3.05, 3.63) is 35.9 Å². The van der Waals surface area contributed by atoms with Gasteiger partial charge >= 0.3 is 0 Å². The third-order valence-electron chi connectivity index (χ3n) is 3.53. The maximum atomic E-state index is 6.00. The zero-order chi connectivity index (χ0) is 11.4. The summed E-state index contributed by atoms with van der Waals surface area (Å²) in [6.45, 7) is 5.59. The Bertz CT molecular complexity index is 308. The van der Waals surface area contributed by atoms with Crippen LogP contribution in [0.4, 0.5) is 0 Å². The molecular weight excluding hydrogens is 196 g/mol. The van der Waals surface area contributed by atoms with Crippen molar-refractivity contribution in [2.24, 2.45) is 11.7 Å². The molecule has 0 radical (unpaired) electrons. The molecule has 0 amide bonds. The van der Waals surface area contributed by atoms with Crippen molar-refractivity contribution in [3.63, 3.8) is 0 Å². The topological polar surface area (TPSA) is 29.3 Å². The SMILES string of the molecule is C[C@@H](N)C1CCCN(Cc2ccccc2)C1. The van der Waals surface area contributed by atoms with Crippen LogP contribution in [0.5, 0.6) is 0 Å². The molecule has 2 rings (SSSR count). The Hall–Kier alpha value is -0.860. The van der Waals surface area contributed by atoms with Crippen LogP contribution in [-0.2, 0) is 6.54 Å². The molecule has 2 heteroatoms. The summed E-state index contributed by atoms with van der Waals surface area (Å²) < 4.78 is 0. The number of piperidine rings is 1. The standard InChI is InChI=1S/C14H22N2/c1-12(15)14-8-5-9-16(11-14)10-13-6-3-2-4-7-13/h2-4,6-7,12,14H,5,8-11,15H2,1H3/t12-,14?/m1/s1. The van der Waals surface area contributed by atoms with Gasteiger partial charge in [-0.1, -0.05) is 30.3 Å². The molecule has 1 aromatic rings. The van der Waals surface area contributed by atoms with Gasteiger partial charge in [0.15, 0.2) is 0 Å². The highest BCUT2D eigenvalue weighted by molar-refractivity contribution is 5.14. The normalized spacial score (nSPS) is 24.2. The van der Waals surface area contributed by atoms with E-state index in [0.29, 0.717) is 12.0 Å². The van der Waals surface area contributed by atoms with Gasteiger partial charge in [-0.05, 0) is 37.8 Å². The van der Waals surface area contributed by atoms with Gasteiger partial charge in [0.2, 0.25) is 0 Å². The molecule has 1 heterocycles. The first-order valence-corrected chi connectivity index (χ1v) is 6.27. The minimum atomic E-state index is 0.332. The third-order valence-corrected chi connectivity index (χ3v) is 3.53. The van der Waals surface area contributed by atoms with Gasteiger partial charge in [0.25, 0.3) is 0 Å². The average molecular weight is 218 g/mol. The second-order valence-corrected chi connectivity index (χ2v) is 4.98. The highest BCUT2D eigenvalue weighted by Gasteiger charge is 2.22. The minimum Gasteiger partial charge on any atom is -0.328 e. The fourth-order valence-corrected chi connectivity index (χ4v) is 2.51. The van der Waals surface area contributed by atoms with E-state index in [0.717, 1.165) is 13.1 Å². The van der Waals surface area contributed by atoms with Crippen molar-refractivity contribution in [3.8, 4) is 0 Å².